The Morgan fingerprint density at radius 2 is 2.13 bits per heavy atom. The van der Waals surface area contributed by atoms with Crippen molar-refractivity contribution in [1.82, 2.24) is 14.7 Å². The number of nitrogens with zero attached hydrogens (tertiary/aromatic N) is 3. The Morgan fingerprint density at radius 3 is 2.87 bits per heavy atom. The van der Waals surface area contributed by atoms with Crippen molar-refractivity contribution in [2.45, 2.75) is 6.54 Å². The summed E-state index contributed by atoms with van der Waals surface area (Å²) < 4.78 is 1.72. The van der Waals surface area contributed by atoms with Gasteiger partial charge >= 0.3 is 0 Å². The molecule has 2 aromatic rings. The van der Waals surface area contributed by atoms with Crippen LogP contribution in [0, 0.1) is 0 Å². The van der Waals surface area contributed by atoms with E-state index in [1.807, 2.05) is 24.3 Å². The van der Waals surface area contributed by atoms with Crippen LogP contribution in [0.1, 0.15) is 0 Å². The third-order valence-electron chi connectivity index (χ3n) is 2.33. The highest BCUT2D eigenvalue weighted by Crippen LogP contribution is 2.12. The van der Waals surface area contributed by atoms with Crippen LogP contribution < -0.4 is 0 Å². The number of para-hydroxylation sites is 1. The number of hydrogen-bond acceptors (Lipinski definition) is 2. The summed E-state index contributed by atoms with van der Waals surface area (Å²) >= 11 is 0. The number of carbonyl (C=O) groups excluding carboxylic acids is 1. The fourth-order valence-electron chi connectivity index (χ4n) is 1.42. The predicted molar refractivity (Wildman–Crippen MR) is 58.4 cm³/mol. The quantitative estimate of drug-likeness (QED) is 0.733. The predicted octanol–water partition coefficient (Wildman–Crippen LogP) is 1.12. The van der Waals surface area contributed by atoms with E-state index in [0.717, 1.165) is 10.9 Å². The Labute approximate surface area is 88.1 Å². The molecule has 0 bridgehead atoms. The van der Waals surface area contributed by atoms with E-state index in [-0.39, 0.29) is 5.91 Å². The third-order valence-corrected chi connectivity index (χ3v) is 2.33. The Morgan fingerprint density at radius 1 is 1.40 bits per heavy atom. The third kappa shape index (κ3) is 1.83. The van der Waals surface area contributed by atoms with Gasteiger partial charge in [-0.05, 0) is 6.07 Å². The number of likely N-dealkylation sites (N-methyl/N-ethyl adjacent to an activating group) is 1. The molecular weight excluding hydrogens is 190 g/mol. The van der Waals surface area contributed by atoms with Gasteiger partial charge in [-0.3, -0.25) is 9.48 Å². The molecule has 0 fully saturated rings. The van der Waals surface area contributed by atoms with Crippen molar-refractivity contribution in [2.24, 2.45) is 0 Å². The number of fused-ring (bicyclic) bond motifs is 1. The molecule has 2 rings (SSSR count). The van der Waals surface area contributed by atoms with Gasteiger partial charge in [-0.1, -0.05) is 18.2 Å². The van der Waals surface area contributed by atoms with Crippen molar-refractivity contribution in [3.8, 4) is 0 Å². The van der Waals surface area contributed by atoms with Gasteiger partial charge in [0.2, 0.25) is 5.91 Å². The first-order valence-corrected chi connectivity index (χ1v) is 4.79. The normalized spacial score (nSPS) is 10.5. The summed E-state index contributed by atoms with van der Waals surface area (Å²) in [7, 11) is 3.49. The zero-order valence-corrected chi connectivity index (χ0v) is 8.84. The Hall–Kier alpha value is -1.84. The molecule has 4 nitrogen and oxygen atoms in total. The Bertz CT molecular complexity index is 487. The fourth-order valence-corrected chi connectivity index (χ4v) is 1.42. The second-order valence-electron chi connectivity index (χ2n) is 3.65. The van der Waals surface area contributed by atoms with Crippen molar-refractivity contribution >= 4 is 16.8 Å². The highest BCUT2D eigenvalue weighted by atomic mass is 16.2. The van der Waals surface area contributed by atoms with E-state index in [1.54, 1.807) is 29.9 Å². The van der Waals surface area contributed by atoms with Gasteiger partial charge in [0.1, 0.15) is 6.54 Å². The summed E-state index contributed by atoms with van der Waals surface area (Å²) in [6, 6.07) is 7.85. The molecule has 1 amide bonds. The molecule has 0 spiro atoms. The van der Waals surface area contributed by atoms with Crippen LogP contribution in [0.2, 0.25) is 0 Å². The van der Waals surface area contributed by atoms with E-state index in [2.05, 4.69) is 5.10 Å². The molecule has 0 atom stereocenters. The van der Waals surface area contributed by atoms with Gasteiger partial charge in [0.25, 0.3) is 0 Å². The van der Waals surface area contributed by atoms with Crippen molar-refractivity contribution in [2.75, 3.05) is 14.1 Å². The molecule has 0 saturated heterocycles. The van der Waals surface area contributed by atoms with Crippen molar-refractivity contribution in [1.29, 1.82) is 0 Å². The Kier molecular flexibility index (Phi) is 2.41. The highest BCUT2D eigenvalue weighted by Gasteiger charge is 2.08. The van der Waals surface area contributed by atoms with Gasteiger partial charge in [-0.15, -0.1) is 0 Å². The van der Waals surface area contributed by atoms with Crippen LogP contribution in [0.15, 0.2) is 30.5 Å². The first kappa shape index (κ1) is 9.71. The van der Waals surface area contributed by atoms with Gasteiger partial charge in [0.05, 0.1) is 11.7 Å². The van der Waals surface area contributed by atoms with Crippen LogP contribution in [0.5, 0.6) is 0 Å². The first-order valence-electron chi connectivity index (χ1n) is 4.79. The molecule has 4 heteroatoms. The van der Waals surface area contributed by atoms with E-state index in [4.69, 9.17) is 0 Å². The van der Waals surface area contributed by atoms with Gasteiger partial charge < -0.3 is 4.90 Å². The molecule has 0 aliphatic heterocycles. The van der Waals surface area contributed by atoms with Gasteiger partial charge in [-0.25, -0.2) is 0 Å². The van der Waals surface area contributed by atoms with E-state index >= 15 is 0 Å². The maximum absolute atomic E-state index is 11.5. The first-order chi connectivity index (χ1) is 7.18. The lowest BCUT2D eigenvalue weighted by Gasteiger charge is -2.10. The largest absolute Gasteiger partial charge is 0.347 e. The molecule has 78 valence electrons. The molecular formula is C11H13N3O. The zero-order chi connectivity index (χ0) is 10.8. The molecule has 0 radical (unpaired) electrons. The zero-order valence-electron chi connectivity index (χ0n) is 8.84. The lowest BCUT2D eigenvalue weighted by atomic mass is 10.2. The number of aromatic nitrogens is 2. The molecule has 0 N–H and O–H groups in total. The van der Waals surface area contributed by atoms with E-state index in [9.17, 15) is 4.79 Å². The van der Waals surface area contributed by atoms with Crippen LogP contribution in [0.25, 0.3) is 10.9 Å². The monoisotopic (exact) mass is 203 g/mol. The molecule has 0 saturated carbocycles. The second kappa shape index (κ2) is 3.73. The van der Waals surface area contributed by atoms with Gasteiger partial charge in [0, 0.05) is 19.5 Å². The summed E-state index contributed by atoms with van der Waals surface area (Å²) in [5.74, 6) is 0.0452. The molecule has 15 heavy (non-hydrogen) atoms. The summed E-state index contributed by atoms with van der Waals surface area (Å²) in [6.45, 7) is 0.292. The van der Waals surface area contributed by atoms with E-state index in [1.165, 1.54) is 0 Å². The van der Waals surface area contributed by atoms with E-state index < -0.39 is 0 Å². The topological polar surface area (TPSA) is 38.1 Å². The minimum Gasteiger partial charge on any atom is -0.347 e. The number of rotatable bonds is 2. The maximum Gasteiger partial charge on any atom is 0.243 e. The standard InChI is InChI=1S/C11H13N3O/c1-13(2)11(15)8-14-10-6-4-3-5-9(10)7-12-14/h3-7H,8H2,1-2H3. The Balaban J connectivity index is 2.33. The minimum atomic E-state index is 0.0452. The average molecular weight is 203 g/mol. The van der Waals surface area contributed by atoms with Gasteiger partial charge in [0.15, 0.2) is 0 Å². The fraction of sp³-hybridized carbons (Fsp3) is 0.273. The lowest BCUT2D eigenvalue weighted by Crippen LogP contribution is -2.26. The number of carbonyl (C=O) groups is 1. The summed E-state index contributed by atoms with van der Waals surface area (Å²) in [4.78, 5) is 13.1. The van der Waals surface area contributed by atoms with Gasteiger partial charge in [-0.2, -0.15) is 5.10 Å². The highest BCUT2D eigenvalue weighted by molar-refractivity contribution is 5.81. The number of amides is 1. The van der Waals surface area contributed by atoms with Crippen LogP contribution in [0.4, 0.5) is 0 Å². The number of benzene rings is 1. The molecule has 1 aromatic heterocycles. The average Bonchev–Trinajstić information content (AvgIpc) is 2.62. The lowest BCUT2D eigenvalue weighted by molar-refractivity contribution is -0.129. The van der Waals surface area contributed by atoms with Crippen LogP contribution in [-0.4, -0.2) is 34.7 Å². The minimum absolute atomic E-state index is 0.0452. The van der Waals surface area contributed by atoms with Crippen molar-refractivity contribution < 1.29 is 4.79 Å². The van der Waals surface area contributed by atoms with Crippen molar-refractivity contribution in [3.63, 3.8) is 0 Å². The molecule has 0 aliphatic carbocycles. The van der Waals surface area contributed by atoms with Crippen LogP contribution in [-0.2, 0) is 11.3 Å². The summed E-state index contributed by atoms with van der Waals surface area (Å²) in [5.41, 5.74) is 0.993. The summed E-state index contributed by atoms with van der Waals surface area (Å²) in [6.07, 6.45) is 1.78. The van der Waals surface area contributed by atoms with Crippen LogP contribution >= 0.6 is 0 Å². The maximum atomic E-state index is 11.5. The molecule has 0 unspecified atom stereocenters. The molecule has 0 aliphatic rings. The summed E-state index contributed by atoms with van der Waals surface area (Å²) in [5, 5.41) is 5.25. The molecule has 1 aromatic carbocycles. The van der Waals surface area contributed by atoms with Crippen LogP contribution in [0.3, 0.4) is 0 Å². The van der Waals surface area contributed by atoms with Crippen molar-refractivity contribution in [3.05, 3.63) is 30.5 Å². The molecule has 1 heterocycles. The number of hydrogen-bond donors (Lipinski definition) is 0. The van der Waals surface area contributed by atoms with E-state index in [0.29, 0.717) is 6.54 Å². The second-order valence-corrected chi connectivity index (χ2v) is 3.65. The smallest absolute Gasteiger partial charge is 0.243 e. The SMILES string of the molecule is CN(C)C(=O)Cn1ncc2ccccc21.